The third kappa shape index (κ3) is 1.58. The predicted molar refractivity (Wildman–Crippen MR) is 85.3 cm³/mol. The lowest BCUT2D eigenvalue weighted by molar-refractivity contribution is 0.0531. The number of rotatable bonds is 2. The van der Waals surface area contributed by atoms with E-state index in [4.69, 9.17) is 4.74 Å². The number of hydrogen-bond acceptors (Lipinski definition) is 3. The first-order valence-corrected chi connectivity index (χ1v) is 7.76. The molecule has 0 aliphatic rings. The van der Waals surface area contributed by atoms with Crippen LogP contribution in [0.5, 0.6) is 0 Å². The average molecular weight is 298 g/mol. The summed E-state index contributed by atoms with van der Waals surface area (Å²) in [7, 11) is 0. The zero-order valence-corrected chi connectivity index (χ0v) is 12.6. The van der Waals surface area contributed by atoms with Gasteiger partial charge in [0.2, 0.25) is 0 Å². The Morgan fingerprint density at radius 1 is 1.38 bits per heavy atom. The summed E-state index contributed by atoms with van der Waals surface area (Å²) in [5.41, 5.74) is 3.78. The molecule has 0 saturated carbocycles. The molecule has 0 bridgehead atoms. The molecule has 3 heterocycles. The van der Waals surface area contributed by atoms with Crippen LogP contribution in [0, 0.1) is 6.92 Å². The monoisotopic (exact) mass is 298 g/mol. The lowest BCUT2D eigenvalue weighted by Crippen LogP contribution is -2.03. The van der Waals surface area contributed by atoms with E-state index in [1.807, 2.05) is 38.1 Å². The highest BCUT2D eigenvalue weighted by Gasteiger charge is 2.24. The first kappa shape index (κ1) is 12.5. The van der Waals surface area contributed by atoms with Crippen molar-refractivity contribution in [3.8, 4) is 0 Å². The van der Waals surface area contributed by atoms with Crippen LogP contribution in [0.2, 0.25) is 0 Å². The summed E-state index contributed by atoms with van der Waals surface area (Å²) in [6.07, 6.45) is 0. The third-order valence-corrected chi connectivity index (χ3v) is 4.82. The number of nitrogens with one attached hydrogen (secondary N) is 1. The second-order valence-corrected chi connectivity index (χ2v) is 5.87. The van der Waals surface area contributed by atoms with Gasteiger partial charge in [-0.25, -0.2) is 4.79 Å². The number of carbonyl (C=O) groups is 1. The van der Waals surface area contributed by atoms with Crippen molar-refractivity contribution in [2.75, 3.05) is 6.61 Å². The van der Waals surface area contributed by atoms with Crippen LogP contribution in [0.1, 0.15) is 23.0 Å². The molecule has 0 amide bonds. The Balaban J connectivity index is 2.23. The van der Waals surface area contributed by atoms with E-state index < -0.39 is 0 Å². The molecular weight excluding hydrogens is 284 g/mol. The number of aromatic nitrogens is 2. The average Bonchev–Trinajstić information content (AvgIpc) is 3.09. The van der Waals surface area contributed by atoms with Crippen LogP contribution in [-0.2, 0) is 4.74 Å². The van der Waals surface area contributed by atoms with Gasteiger partial charge in [0.1, 0.15) is 16.0 Å². The molecule has 4 rings (SSSR count). The number of para-hydroxylation sites is 1. The van der Waals surface area contributed by atoms with Crippen LogP contribution in [0.25, 0.3) is 26.8 Å². The first-order chi connectivity index (χ1) is 10.2. The number of ether oxygens (including phenoxy) is 1. The van der Waals surface area contributed by atoms with E-state index in [0.29, 0.717) is 12.2 Å². The van der Waals surface area contributed by atoms with Gasteiger partial charge in [-0.2, -0.15) is 0 Å². The number of hydrogen-bond donors (Lipinski definition) is 1. The van der Waals surface area contributed by atoms with Crippen molar-refractivity contribution in [2.24, 2.45) is 0 Å². The van der Waals surface area contributed by atoms with Crippen molar-refractivity contribution in [3.63, 3.8) is 0 Å². The highest BCUT2D eigenvalue weighted by Crippen LogP contribution is 2.36. The molecule has 3 aromatic heterocycles. The van der Waals surface area contributed by atoms with E-state index in [9.17, 15) is 4.79 Å². The smallest absolute Gasteiger partial charge is 0.341 e. The maximum Gasteiger partial charge on any atom is 0.341 e. The maximum atomic E-state index is 12.4. The Labute approximate surface area is 124 Å². The van der Waals surface area contributed by atoms with Gasteiger partial charge in [-0.3, -0.25) is 4.40 Å². The molecule has 0 saturated heterocycles. The Hall–Kier alpha value is -2.27. The number of H-pyrrole nitrogens is 1. The standard InChI is InChI=1S/C16H14N2O2S/c1-3-20-16(19)13-12-10-6-4-5-7-11(10)17-14(12)18-9(2)8-21-15(13)18/h4-8,17H,3H2,1-2H3. The van der Waals surface area contributed by atoms with Gasteiger partial charge in [0.05, 0.1) is 6.61 Å². The van der Waals surface area contributed by atoms with E-state index in [1.54, 1.807) is 11.3 Å². The lowest BCUT2D eigenvalue weighted by Gasteiger charge is -2.00. The van der Waals surface area contributed by atoms with Gasteiger partial charge in [-0.15, -0.1) is 11.3 Å². The summed E-state index contributed by atoms with van der Waals surface area (Å²) in [6, 6.07) is 8.04. The molecule has 4 aromatic rings. The number of nitrogens with zero attached hydrogens (tertiary/aromatic N) is 1. The van der Waals surface area contributed by atoms with Crippen LogP contribution >= 0.6 is 11.3 Å². The van der Waals surface area contributed by atoms with Crippen LogP contribution in [0.4, 0.5) is 0 Å². The van der Waals surface area contributed by atoms with Gasteiger partial charge < -0.3 is 9.72 Å². The molecule has 1 N–H and O–H groups in total. The fourth-order valence-corrected chi connectivity index (χ4v) is 3.93. The maximum absolute atomic E-state index is 12.4. The van der Waals surface area contributed by atoms with Gasteiger partial charge >= 0.3 is 5.97 Å². The minimum Gasteiger partial charge on any atom is -0.462 e. The molecule has 0 atom stereocenters. The van der Waals surface area contributed by atoms with Gasteiger partial charge in [0, 0.05) is 27.4 Å². The van der Waals surface area contributed by atoms with Crippen molar-refractivity contribution in [1.29, 1.82) is 0 Å². The molecule has 0 unspecified atom stereocenters. The Morgan fingerprint density at radius 3 is 3.00 bits per heavy atom. The van der Waals surface area contributed by atoms with E-state index in [0.717, 1.165) is 32.5 Å². The zero-order chi connectivity index (χ0) is 14.6. The normalized spacial score (nSPS) is 11.7. The lowest BCUT2D eigenvalue weighted by atomic mass is 10.1. The fourth-order valence-electron chi connectivity index (χ4n) is 2.90. The quantitative estimate of drug-likeness (QED) is 0.566. The van der Waals surface area contributed by atoms with Gasteiger partial charge in [0.15, 0.2) is 0 Å². The number of aryl methyl sites for hydroxylation is 1. The molecule has 0 radical (unpaired) electrons. The van der Waals surface area contributed by atoms with Gasteiger partial charge in [-0.1, -0.05) is 18.2 Å². The van der Waals surface area contributed by atoms with Crippen LogP contribution < -0.4 is 0 Å². The number of aromatic amines is 1. The molecule has 0 aliphatic heterocycles. The van der Waals surface area contributed by atoms with Gasteiger partial charge in [-0.05, 0) is 19.9 Å². The first-order valence-electron chi connectivity index (χ1n) is 6.88. The van der Waals surface area contributed by atoms with Crippen LogP contribution in [0.3, 0.4) is 0 Å². The highest BCUT2D eigenvalue weighted by atomic mass is 32.1. The summed E-state index contributed by atoms with van der Waals surface area (Å²) in [5.74, 6) is -0.253. The summed E-state index contributed by atoms with van der Waals surface area (Å²) in [5, 5.41) is 4.08. The van der Waals surface area contributed by atoms with Crippen molar-refractivity contribution < 1.29 is 9.53 Å². The Bertz CT molecular complexity index is 990. The van der Waals surface area contributed by atoms with Crippen LogP contribution in [0.15, 0.2) is 29.6 Å². The summed E-state index contributed by atoms with van der Waals surface area (Å²) >= 11 is 1.58. The summed E-state index contributed by atoms with van der Waals surface area (Å²) in [6.45, 7) is 4.25. The molecule has 1 aromatic carbocycles. The molecule has 106 valence electrons. The van der Waals surface area contributed by atoms with E-state index >= 15 is 0 Å². The van der Waals surface area contributed by atoms with E-state index in [-0.39, 0.29) is 5.97 Å². The van der Waals surface area contributed by atoms with Crippen molar-refractivity contribution in [2.45, 2.75) is 13.8 Å². The molecule has 5 heteroatoms. The minimum atomic E-state index is -0.253. The van der Waals surface area contributed by atoms with Crippen LogP contribution in [-0.4, -0.2) is 22.0 Å². The van der Waals surface area contributed by atoms with Crippen molar-refractivity contribution in [1.82, 2.24) is 9.38 Å². The fraction of sp³-hybridized carbons (Fsp3) is 0.188. The summed E-state index contributed by atoms with van der Waals surface area (Å²) < 4.78 is 7.37. The molecular formula is C16H14N2O2S. The van der Waals surface area contributed by atoms with Gasteiger partial charge in [0.25, 0.3) is 0 Å². The van der Waals surface area contributed by atoms with Crippen molar-refractivity contribution >= 4 is 44.1 Å². The predicted octanol–water partition coefficient (Wildman–Crippen LogP) is 4.12. The SMILES string of the molecule is CCOC(=O)c1c2c3ccccc3[nH]c2n2c(C)csc12. The summed E-state index contributed by atoms with van der Waals surface area (Å²) in [4.78, 5) is 16.8. The highest BCUT2D eigenvalue weighted by molar-refractivity contribution is 7.16. The molecule has 0 aliphatic carbocycles. The van der Waals surface area contributed by atoms with E-state index in [1.165, 1.54) is 0 Å². The number of esters is 1. The Kier molecular flexibility index (Phi) is 2.59. The number of fused-ring (bicyclic) bond motifs is 5. The molecule has 4 nitrogen and oxygen atoms in total. The molecule has 0 spiro atoms. The molecule has 0 fully saturated rings. The number of carbonyl (C=O) groups excluding carboxylic acids is 1. The zero-order valence-electron chi connectivity index (χ0n) is 11.8. The van der Waals surface area contributed by atoms with E-state index in [2.05, 4.69) is 14.8 Å². The topological polar surface area (TPSA) is 46.5 Å². The largest absolute Gasteiger partial charge is 0.462 e. The number of thiazole rings is 1. The third-order valence-electron chi connectivity index (χ3n) is 3.75. The molecule has 21 heavy (non-hydrogen) atoms. The second kappa shape index (κ2) is 4.36. The van der Waals surface area contributed by atoms with Crippen molar-refractivity contribution in [3.05, 3.63) is 40.9 Å². The second-order valence-electron chi connectivity index (χ2n) is 5.01. The minimum absolute atomic E-state index is 0.253. The Morgan fingerprint density at radius 2 is 2.19 bits per heavy atom. The number of benzene rings is 1.